The molecule has 1 heterocycles. The van der Waals surface area contributed by atoms with E-state index in [1.54, 1.807) is 6.08 Å². The molecule has 0 bridgehead atoms. The van der Waals surface area contributed by atoms with Gasteiger partial charge in [-0.15, -0.1) is 0 Å². The molecule has 0 atom stereocenters. The Balaban J connectivity index is 2.07. The second-order valence-corrected chi connectivity index (χ2v) is 5.23. The van der Waals surface area contributed by atoms with Crippen LogP contribution in [-0.2, 0) is 0 Å². The first-order valence-electron chi connectivity index (χ1n) is 7.62. The van der Waals surface area contributed by atoms with Crippen LogP contribution in [-0.4, -0.2) is 9.97 Å². The molecule has 3 aromatic rings. The molecule has 3 nitrogen and oxygen atoms in total. The van der Waals surface area contributed by atoms with Gasteiger partial charge in [-0.3, -0.25) is 4.79 Å². The predicted octanol–water partition coefficient (Wildman–Crippen LogP) is 2.70. The molecule has 0 unspecified atom stereocenters. The summed E-state index contributed by atoms with van der Waals surface area (Å²) in [6.07, 6.45) is 3.63. The maximum atomic E-state index is 12.2. The van der Waals surface area contributed by atoms with Crippen molar-refractivity contribution in [3.05, 3.63) is 75.5 Å². The number of nitrogens with one attached hydrogen (secondary N) is 1. The first-order chi connectivity index (χ1) is 11.2. The van der Waals surface area contributed by atoms with Gasteiger partial charge in [-0.25, -0.2) is 4.98 Å². The van der Waals surface area contributed by atoms with Gasteiger partial charge in [0.15, 0.2) is 0 Å². The van der Waals surface area contributed by atoms with E-state index in [0.717, 1.165) is 11.1 Å². The average molecular weight is 302 g/mol. The molecule has 0 aliphatic carbocycles. The highest BCUT2D eigenvalue weighted by atomic mass is 16.1. The Labute approximate surface area is 134 Å². The summed E-state index contributed by atoms with van der Waals surface area (Å²) in [4.78, 5) is 19.6. The van der Waals surface area contributed by atoms with Gasteiger partial charge in [0, 0.05) is 5.56 Å². The lowest BCUT2D eigenvalue weighted by atomic mass is 10.0. The van der Waals surface area contributed by atoms with Crippen LogP contribution in [0.25, 0.3) is 34.7 Å². The van der Waals surface area contributed by atoms with Crippen molar-refractivity contribution in [1.82, 2.24) is 9.97 Å². The highest BCUT2D eigenvalue weighted by molar-refractivity contribution is 5.67. The predicted molar refractivity (Wildman–Crippen MR) is 95.3 cm³/mol. The second-order valence-electron chi connectivity index (χ2n) is 5.23. The molecular formula is C20H18N2O. The smallest absolute Gasteiger partial charge is 0.258 e. The van der Waals surface area contributed by atoms with Gasteiger partial charge in [0.05, 0.1) is 10.6 Å². The maximum Gasteiger partial charge on any atom is 0.258 e. The Morgan fingerprint density at radius 1 is 0.826 bits per heavy atom. The first kappa shape index (κ1) is 15.0. The summed E-state index contributed by atoms with van der Waals surface area (Å²) in [5, 5.41) is 1.32. The van der Waals surface area contributed by atoms with Crippen molar-refractivity contribution >= 4 is 12.2 Å². The minimum absolute atomic E-state index is 0.113. The van der Waals surface area contributed by atoms with Crippen LogP contribution in [0.1, 0.15) is 13.8 Å². The molecular weight excluding hydrogens is 284 g/mol. The van der Waals surface area contributed by atoms with Crippen LogP contribution < -0.4 is 16.1 Å². The molecule has 1 aromatic heterocycles. The van der Waals surface area contributed by atoms with Gasteiger partial charge < -0.3 is 4.98 Å². The van der Waals surface area contributed by atoms with Gasteiger partial charge in [0.25, 0.3) is 5.56 Å². The SMILES string of the molecule is C/C=c1/nc(-c2ccc(-c3ccccc3)cc2)[nH]c(=O)/c1=C/C. The minimum atomic E-state index is -0.113. The highest BCUT2D eigenvalue weighted by Gasteiger charge is 2.04. The van der Waals surface area contributed by atoms with Gasteiger partial charge in [0.2, 0.25) is 0 Å². The Morgan fingerprint density at radius 3 is 2.04 bits per heavy atom. The monoisotopic (exact) mass is 302 g/mol. The van der Waals surface area contributed by atoms with Crippen molar-refractivity contribution in [2.45, 2.75) is 13.8 Å². The zero-order chi connectivity index (χ0) is 16.2. The normalized spacial score (nSPS) is 12.6. The molecule has 0 saturated heterocycles. The van der Waals surface area contributed by atoms with E-state index in [0.29, 0.717) is 16.4 Å². The summed E-state index contributed by atoms with van der Waals surface area (Å²) in [5.41, 5.74) is 3.08. The highest BCUT2D eigenvalue weighted by Crippen LogP contribution is 2.21. The van der Waals surface area contributed by atoms with Gasteiger partial charge in [-0.2, -0.15) is 0 Å². The van der Waals surface area contributed by atoms with Crippen molar-refractivity contribution in [1.29, 1.82) is 0 Å². The Hall–Kier alpha value is -2.94. The maximum absolute atomic E-state index is 12.2. The molecule has 0 amide bonds. The zero-order valence-corrected chi connectivity index (χ0v) is 13.2. The number of hydrogen-bond donors (Lipinski definition) is 1. The van der Waals surface area contributed by atoms with E-state index in [9.17, 15) is 4.79 Å². The van der Waals surface area contributed by atoms with Crippen LogP contribution >= 0.6 is 0 Å². The molecule has 0 radical (unpaired) electrons. The van der Waals surface area contributed by atoms with E-state index in [4.69, 9.17) is 0 Å². The summed E-state index contributed by atoms with van der Waals surface area (Å²) in [7, 11) is 0. The fourth-order valence-electron chi connectivity index (χ4n) is 2.59. The lowest BCUT2D eigenvalue weighted by Crippen LogP contribution is -2.42. The van der Waals surface area contributed by atoms with Crippen molar-refractivity contribution in [3.63, 3.8) is 0 Å². The van der Waals surface area contributed by atoms with Crippen LogP contribution in [0.4, 0.5) is 0 Å². The largest absolute Gasteiger partial charge is 0.306 e. The summed E-state index contributed by atoms with van der Waals surface area (Å²) in [5.74, 6) is 0.591. The number of benzene rings is 2. The minimum Gasteiger partial charge on any atom is -0.306 e. The van der Waals surface area contributed by atoms with Gasteiger partial charge in [0.1, 0.15) is 5.82 Å². The van der Waals surface area contributed by atoms with E-state index in [-0.39, 0.29) is 5.56 Å². The van der Waals surface area contributed by atoms with E-state index in [2.05, 4.69) is 22.1 Å². The van der Waals surface area contributed by atoms with E-state index >= 15 is 0 Å². The lowest BCUT2D eigenvalue weighted by molar-refractivity contribution is 1.06. The molecule has 114 valence electrons. The number of aromatic amines is 1. The number of H-pyrrole nitrogens is 1. The fourth-order valence-corrected chi connectivity index (χ4v) is 2.59. The van der Waals surface area contributed by atoms with Crippen molar-refractivity contribution < 1.29 is 0 Å². The van der Waals surface area contributed by atoms with Crippen molar-refractivity contribution in [3.8, 4) is 22.5 Å². The zero-order valence-electron chi connectivity index (χ0n) is 13.2. The molecule has 23 heavy (non-hydrogen) atoms. The fraction of sp³-hybridized carbons (Fsp3) is 0.100. The molecule has 0 spiro atoms. The third-order valence-electron chi connectivity index (χ3n) is 3.81. The van der Waals surface area contributed by atoms with Crippen LogP contribution in [0.15, 0.2) is 59.4 Å². The molecule has 0 aliphatic rings. The number of hydrogen-bond acceptors (Lipinski definition) is 2. The third-order valence-corrected chi connectivity index (χ3v) is 3.81. The number of rotatable bonds is 2. The van der Waals surface area contributed by atoms with Gasteiger partial charge >= 0.3 is 0 Å². The quantitative estimate of drug-likeness (QED) is 0.791. The van der Waals surface area contributed by atoms with Crippen molar-refractivity contribution in [2.24, 2.45) is 0 Å². The Bertz CT molecular complexity index is 985. The number of nitrogens with zero attached hydrogens (tertiary/aromatic N) is 1. The van der Waals surface area contributed by atoms with Gasteiger partial charge in [-0.1, -0.05) is 66.7 Å². The molecule has 3 rings (SSSR count). The van der Waals surface area contributed by atoms with Crippen molar-refractivity contribution in [2.75, 3.05) is 0 Å². The van der Waals surface area contributed by atoms with E-state index in [1.807, 2.05) is 62.4 Å². The van der Waals surface area contributed by atoms with E-state index in [1.165, 1.54) is 5.56 Å². The third kappa shape index (κ3) is 2.99. The Kier molecular flexibility index (Phi) is 4.20. The topological polar surface area (TPSA) is 45.8 Å². The van der Waals surface area contributed by atoms with Crippen LogP contribution in [0, 0.1) is 0 Å². The Morgan fingerprint density at radius 2 is 1.43 bits per heavy atom. The van der Waals surface area contributed by atoms with Crippen LogP contribution in [0.3, 0.4) is 0 Å². The molecule has 2 aromatic carbocycles. The van der Waals surface area contributed by atoms with Gasteiger partial charge in [-0.05, 0) is 25.0 Å². The summed E-state index contributed by atoms with van der Waals surface area (Å²) in [6, 6.07) is 18.2. The average Bonchev–Trinajstić information content (AvgIpc) is 2.62. The van der Waals surface area contributed by atoms with Crippen LogP contribution in [0.5, 0.6) is 0 Å². The molecule has 0 saturated carbocycles. The van der Waals surface area contributed by atoms with Crippen LogP contribution in [0.2, 0.25) is 0 Å². The number of aromatic nitrogens is 2. The molecule has 0 aliphatic heterocycles. The summed E-state index contributed by atoms with van der Waals surface area (Å²) >= 11 is 0. The second kappa shape index (κ2) is 6.44. The summed E-state index contributed by atoms with van der Waals surface area (Å²) < 4.78 is 0. The standard InChI is InChI=1S/C20H18N2O/c1-3-17-18(4-2)21-19(22-20(17)23)16-12-10-15(11-13-16)14-8-6-5-7-9-14/h3-13H,1-2H3,(H,21,22,23)/b17-3+,18-4+. The first-order valence-corrected chi connectivity index (χ1v) is 7.62. The lowest BCUT2D eigenvalue weighted by Gasteiger charge is -2.04. The molecule has 3 heteroatoms. The summed E-state index contributed by atoms with van der Waals surface area (Å²) in [6.45, 7) is 3.73. The molecule has 0 fully saturated rings. The molecule has 1 N–H and O–H groups in total. The van der Waals surface area contributed by atoms with E-state index < -0.39 is 0 Å².